The van der Waals surface area contributed by atoms with Gasteiger partial charge in [-0.15, -0.1) is 0 Å². The van der Waals surface area contributed by atoms with Gasteiger partial charge in [-0.1, -0.05) is 0 Å². The Balaban J connectivity index is 1.87. The molecule has 1 saturated heterocycles. The minimum absolute atomic E-state index is 0.192. The molecule has 2 aliphatic rings. The number of hydrogen-bond acceptors (Lipinski definition) is 2. The Morgan fingerprint density at radius 2 is 1.76 bits per heavy atom. The van der Waals surface area contributed by atoms with E-state index in [2.05, 4.69) is 53.5 Å². The number of hydrogen-bond donors (Lipinski definition) is 1. The van der Waals surface area contributed by atoms with Crippen LogP contribution in [0.15, 0.2) is 0 Å². The Labute approximate surface area is 140 Å². The molecule has 2 nitrogen and oxygen atoms in total. The molecular formula is C18H37IN2. The molecule has 0 aromatic heterocycles. The van der Waals surface area contributed by atoms with Crippen LogP contribution in [0.5, 0.6) is 0 Å². The quantitative estimate of drug-likeness (QED) is 0.386. The van der Waals surface area contributed by atoms with Crippen LogP contribution in [0, 0.1) is 16.7 Å². The van der Waals surface area contributed by atoms with Crippen molar-refractivity contribution in [2.45, 2.75) is 70.4 Å². The molecule has 1 aliphatic heterocycles. The molecule has 0 amide bonds. The summed E-state index contributed by atoms with van der Waals surface area (Å²) in [5.41, 5.74) is 7.25. The fourth-order valence-electron chi connectivity index (χ4n) is 4.17. The second-order valence-corrected chi connectivity index (χ2v) is 15.4. The predicted molar refractivity (Wildman–Crippen MR) is 103 cm³/mol. The van der Waals surface area contributed by atoms with Gasteiger partial charge in [0, 0.05) is 0 Å². The zero-order valence-electron chi connectivity index (χ0n) is 15.3. The van der Waals surface area contributed by atoms with Gasteiger partial charge < -0.3 is 0 Å². The summed E-state index contributed by atoms with van der Waals surface area (Å²) in [7, 11) is 2.18. The van der Waals surface area contributed by atoms with E-state index in [9.17, 15) is 0 Å². The van der Waals surface area contributed by atoms with Crippen molar-refractivity contribution in [1.82, 2.24) is 4.90 Å². The Bertz CT molecular complexity index is 377. The number of nitrogens with two attached hydrogens (primary N) is 1. The molecule has 2 N–H and O–H groups in total. The van der Waals surface area contributed by atoms with Crippen molar-refractivity contribution in [2.75, 3.05) is 22.4 Å². The monoisotopic (exact) mass is 408 g/mol. The average Bonchev–Trinajstić information content (AvgIpc) is 2.88. The molecule has 2 rings (SSSR count). The van der Waals surface area contributed by atoms with Gasteiger partial charge >= 0.3 is 140 Å². The molecular weight excluding hydrogens is 371 g/mol. The van der Waals surface area contributed by atoms with Crippen molar-refractivity contribution in [1.29, 1.82) is 0 Å². The summed E-state index contributed by atoms with van der Waals surface area (Å²) in [5, 5.41) is 0. The molecule has 1 aliphatic carbocycles. The summed E-state index contributed by atoms with van der Waals surface area (Å²) in [5.74, 6) is 0.907. The van der Waals surface area contributed by atoms with Crippen molar-refractivity contribution in [2.24, 2.45) is 22.5 Å². The first-order valence-corrected chi connectivity index (χ1v) is 12.8. The summed E-state index contributed by atoms with van der Waals surface area (Å²) < 4.78 is 3.88. The summed E-state index contributed by atoms with van der Waals surface area (Å²) in [6.07, 6.45) is 4.52. The Hall–Kier alpha value is 0.650. The molecule has 0 radical (unpaired) electrons. The maximum atomic E-state index is 6.01. The van der Waals surface area contributed by atoms with Gasteiger partial charge in [-0.25, -0.2) is 0 Å². The Morgan fingerprint density at radius 1 is 1.19 bits per heavy atom. The van der Waals surface area contributed by atoms with Gasteiger partial charge in [-0.05, 0) is 0 Å². The summed E-state index contributed by atoms with van der Waals surface area (Å²) in [6, 6.07) is 0. The third-order valence-electron chi connectivity index (χ3n) is 6.24. The fraction of sp³-hybridized carbons (Fsp3) is 1.00. The van der Waals surface area contributed by atoms with E-state index in [1.807, 2.05) is 0 Å². The van der Waals surface area contributed by atoms with E-state index in [4.69, 9.17) is 5.73 Å². The first-order valence-electron chi connectivity index (χ1n) is 8.63. The summed E-state index contributed by atoms with van der Waals surface area (Å²) in [4.78, 5) is 2.33. The second-order valence-electron chi connectivity index (χ2n) is 8.84. The van der Waals surface area contributed by atoms with Crippen LogP contribution in [0.2, 0.25) is 0 Å². The van der Waals surface area contributed by atoms with Crippen LogP contribution in [0.1, 0.15) is 60.8 Å². The van der Waals surface area contributed by atoms with Gasteiger partial charge in [0.05, 0.1) is 0 Å². The molecule has 4 atom stereocenters. The van der Waals surface area contributed by atoms with Crippen molar-refractivity contribution in [3.63, 3.8) is 0 Å². The number of halogens is 1. The zero-order chi connectivity index (χ0) is 16.1. The third kappa shape index (κ3) is 3.45. The predicted octanol–water partition coefficient (Wildman–Crippen LogP) is 4.35. The zero-order valence-corrected chi connectivity index (χ0v) is 17.5. The molecule has 0 bridgehead atoms. The molecule has 1 saturated carbocycles. The maximum absolute atomic E-state index is 6.01. The van der Waals surface area contributed by atoms with Crippen molar-refractivity contribution in [3.8, 4) is 0 Å². The van der Waals surface area contributed by atoms with E-state index in [1.54, 1.807) is 8.86 Å². The van der Waals surface area contributed by atoms with Crippen LogP contribution in [0.3, 0.4) is 0 Å². The van der Waals surface area contributed by atoms with Crippen LogP contribution in [0.25, 0.3) is 0 Å². The van der Waals surface area contributed by atoms with E-state index in [-0.39, 0.29) is 6.17 Å². The molecule has 1 heterocycles. The summed E-state index contributed by atoms with van der Waals surface area (Å²) >= 11 is -0.747. The molecule has 0 aromatic rings. The summed E-state index contributed by atoms with van der Waals surface area (Å²) in [6.45, 7) is 15.8. The molecule has 0 spiro atoms. The van der Waals surface area contributed by atoms with Crippen LogP contribution >= 0.6 is 19.8 Å². The van der Waals surface area contributed by atoms with Gasteiger partial charge in [0.15, 0.2) is 0 Å². The standard InChI is InChI=1S/C18H37IN2/c1-8-14(2)9-17(5)10-18(17,6)19-11-16(4,12-19)13-21(7)15(3)20/h14-15H,8-13,20H2,1-7H3/t14-,15?,17-,18?/m1/s1. The molecule has 126 valence electrons. The van der Waals surface area contributed by atoms with Crippen LogP contribution in [-0.2, 0) is 0 Å². The molecule has 21 heavy (non-hydrogen) atoms. The topological polar surface area (TPSA) is 29.3 Å². The van der Waals surface area contributed by atoms with E-state index in [0.29, 0.717) is 10.8 Å². The second kappa shape index (κ2) is 5.94. The van der Waals surface area contributed by atoms with E-state index < -0.39 is 19.8 Å². The normalized spacial score (nSPS) is 39.0. The van der Waals surface area contributed by atoms with Gasteiger partial charge in [0.25, 0.3) is 0 Å². The van der Waals surface area contributed by atoms with Crippen molar-refractivity contribution in [3.05, 3.63) is 0 Å². The SMILES string of the molecule is CC[C@@H](C)C[C@]1(C)CC1(C)I1CC(C)(CN(C)C(C)N)C1. The van der Waals surface area contributed by atoms with Gasteiger partial charge in [-0.2, -0.15) is 0 Å². The van der Waals surface area contributed by atoms with Gasteiger partial charge in [0.2, 0.25) is 0 Å². The first-order chi connectivity index (χ1) is 9.55. The van der Waals surface area contributed by atoms with Gasteiger partial charge in [-0.3, -0.25) is 0 Å². The van der Waals surface area contributed by atoms with Crippen molar-refractivity contribution >= 4 is 19.8 Å². The minimum atomic E-state index is -0.747. The Morgan fingerprint density at radius 3 is 2.24 bits per heavy atom. The first kappa shape index (κ1) is 18.0. The number of rotatable bonds is 7. The average molecular weight is 408 g/mol. The fourth-order valence-corrected chi connectivity index (χ4v) is 14.0. The van der Waals surface area contributed by atoms with Crippen LogP contribution in [-0.4, -0.2) is 36.9 Å². The Kier molecular flexibility index (Phi) is 5.09. The van der Waals surface area contributed by atoms with Crippen LogP contribution in [0.4, 0.5) is 0 Å². The van der Waals surface area contributed by atoms with Crippen molar-refractivity contribution < 1.29 is 0 Å². The number of nitrogens with zero attached hydrogens (tertiary/aromatic N) is 1. The molecule has 0 aromatic carbocycles. The molecule has 2 unspecified atom stereocenters. The van der Waals surface area contributed by atoms with Gasteiger partial charge in [0.1, 0.15) is 0 Å². The third-order valence-corrected chi connectivity index (χ3v) is 16.8. The molecule has 2 fully saturated rings. The number of alkyl halides is 3. The van der Waals surface area contributed by atoms with E-state index in [0.717, 1.165) is 9.34 Å². The van der Waals surface area contributed by atoms with Crippen LogP contribution < -0.4 is 5.73 Å². The van der Waals surface area contributed by atoms with E-state index >= 15 is 0 Å². The molecule has 3 heteroatoms. The van der Waals surface area contributed by atoms with E-state index in [1.165, 1.54) is 25.8 Å².